The van der Waals surface area contributed by atoms with Gasteiger partial charge < -0.3 is 5.32 Å². The van der Waals surface area contributed by atoms with Gasteiger partial charge in [-0.2, -0.15) is 0 Å². The first-order valence-corrected chi connectivity index (χ1v) is 9.20. The van der Waals surface area contributed by atoms with Crippen molar-refractivity contribution in [2.45, 2.75) is 43.9 Å². The van der Waals surface area contributed by atoms with Crippen LogP contribution in [0.2, 0.25) is 0 Å². The molecule has 1 aliphatic rings. The summed E-state index contributed by atoms with van der Waals surface area (Å²) in [5.74, 6) is -0.0162. The SMILES string of the molecule is CC1(C(=O)Nc2ccc(S(N)(=O)=O)c(Br)c2)CCCCC1. The molecule has 1 amide bonds. The summed E-state index contributed by atoms with van der Waals surface area (Å²) in [6.07, 6.45) is 5.08. The molecule has 0 aromatic heterocycles. The summed E-state index contributed by atoms with van der Waals surface area (Å²) in [7, 11) is -3.77. The summed E-state index contributed by atoms with van der Waals surface area (Å²) in [5.41, 5.74) is 0.217. The number of sulfonamides is 1. The Morgan fingerprint density at radius 2 is 1.90 bits per heavy atom. The van der Waals surface area contributed by atoms with E-state index in [2.05, 4.69) is 21.2 Å². The van der Waals surface area contributed by atoms with Crippen LogP contribution >= 0.6 is 15.9 Å². The maximum atomic E-state index is 12.4. The Kier molecular flexibility index (Phi) is 4.75. The third-order valence-electron chi connectivity index (χ3n) is 4.00. The predicted molar refractivity (Wildman–Crippen MR) is 85.3 cm³/mol. The number of rotatable bonds is 3. The predicted octanol–water partition coefficient (Wildman–Crippen LogP) is 3.01. The Bertz CT molecular complexity index is 652. The Balaban J connectivity index is 2.17. The number of nitrogens with two attached hydrogens (primary N) is 1. The number of halogens is 1. The van der Waals surface area contributed by atoms with E-state index in [9.17, 15) is 13.2 Å². The Morgan fingerprint density at radius 1 is 1.29 bits per heavy atom. The van der Waals surface area contributed by atoms with Crippen molar-refractivity contribution in [3.63, 3.8) is 0 Å². The van der Waals surface area contributed by atoms with E-state index in [1.165, 1.54) is 12.5 Å². The van der Waals surface area contributed by atoms with Crippen molar-refractivity contribution in [2.24, 2.45) is 10.6 Å². The lowest BCUT2D eigenvalue weighted by molar-refractivity contribution is -0.126. The monoisotopic (exact) mass is 374 g/mol. The molecule has 2 rings (SSSR count). The number of hydrogen-bond acceptors (Lipinski definition) is 3. The number of carbonyl (C=O) groups excluding carboxylic acids is 1. The second kappa shape index (κ2) is 6.06. The standard InChI is InChI=1S/C14H19BrN2O3S/c1-14(7-3-2-4-8-14)13(18)17-10-5-6-12(11(15)9-10)21(16,19)20/h5-6,9H,2-4,7-8H2,1H3,(H,17,18)(H2,16,19,20). The number of amides is 1. The average molecular weight is 375 g/mol. The first-order chi connectivity index (χ1) is 9.72. The number of nitrogens with one attached hydrogen (secondary N) is 1. The van der Waals surface area contributed by atoms with Crippen molar-refractivity contribution in [3.05, 3.63) is 22.7 Å². The minimum absolute atomic E-state index is 0.00405. The van der Waals surface area contributed by atoms with Crippen LogP contribution in [-0.2, 0) is 14.8 Å². The van der Waals surface area contributed by atoms with Gasteiger partial charge in [0, 0.05) is 15.6 Å². The van der Waals surface area contributed by atoms with E-state index < -0.39 is 10.0 Å². The zero-order valence-corrected chi connectivity index (χ0v) is 14.3. The molecule has 0 radical (unpaired) electrons. The molecule has 0 spiro atoms. The fourth-order valence-electron chi connectivity index (χ4n) is 2.65. The molecule has 0 bridgehead atoms. The van der Waals surface area contributed by atoms with Crippen LogP contribution in [0.4, 0.5) is 5.69 Å². The molecule has 1 aromatic carbocycles. The third-order valence-corrected chi connectivity index (χ3v) is 5.89. The van der Waals surface area contributed by atoms with Crippen LogP contribution in [0.5, 0.6) is 0 Å². The molecular formula is C14H19BrN2O3S. The normalized spacial score (nSPS) is 18.2. The molecule has 7 heteroatoms. The van der Waals surface area contributed by atoms with E-state index in [4.69, 9.17) is 5.14 Å². The molecule has 0 aliphatic heterocycles. The van der Waals surface area contributed by atoms with Gasteiger partial charge in [0.1, 0.15) is 0 Å². The summed E-state index contributed by atoms with van der Waals surface area (Å²) in [6.45, 7) is 1.98. The van der Waals surface area contributed by atoms with E-state index in [1.54, 1.807) is 12.1 Å². The number of carbonyl (C=O) groups is 1. The van der Waals surface area contributed by atoms with Gasteiger partial charge in [-0.25, -0.2) is 13.6 Å². The lowest BCUT2D eigenvalue weighted by Gasteiger charge is -2.32. The van der Waals surface area contributed by atoms with Gasteiger partial charge in [0.05, 0.1) is 4.90 Å². The van der Waals surface area contributed by atoms with Crippen molar-refractivity contribution in [2.75, 3.05) is 5.32 Å². The summed E-state index contributed by atoms with van der Waals surface area (Å²) < 4.78 is 23.0. The number of hydrogen-bond donors (Lipinski definition) is 2. The van der Waals surface area contributed by atoms with Crippen molar-refractivity contribution >= 4 is 37.5 Å². The van der Waals surface area contributed by atoms with Crippen molar-refractivity contribution in [1.29, 1.82) is 0 Å². The van der Waals surface area contributed by atoms with Gasteiger partial charge in [0.2, 0.25) is 15.9 Å². The highest BCUT2D eigenvalue weighted by molar-refractivity contribution is 9.10. The van der Waals surface area contributed by atoms with Crippen molar-refractivity contribution in [1.82, 2.24) is 0 Å². The molecule has 1 saturated carbocycles. The van der Waals surface area contributed by atoms with E-state index in [1.807, 2.05) is 6.92 Å². The topological polar surface area (TPSA) is 89.3 Å². The fourth-order valence-corrected chi connectivity index (χ4v) is 4.29. The third kappa shape index (κ3) is 3.84. The molecule has 1 aliphatic carbocycles. The van der Waals surface area contributed by atoms with Gasteiger partial charge in [-0.15, -0.1) is 0 Å². The van der Waals surface area contributed by atoms with E-state index in [0.29, 0.717) is 10.2 Å². The largest absolute Gasteiger partial charge is 0.326 e. The second-order valence-corrected chi connectivity index (χ2v) is 8.15. The minimum atomic E-state index is -3.77. The first kappa shape index (κ1) is 16.5. The number of anilines is 1. The second-order valence-electron chi connectivity index (χ2n) is 5.77. The maximum Gasteiger partial charge on any atom is 0.239 e. The molecule has 21 heavy (non-hydrogen) atoms. The van der Waals surface area contributed by atoms with Gasteiger partial charge in [-0.05, 0) is 47.0 Å². The average Bonchev–Trinajstić information content (AvgIpc) is 2.38. The minimum Gasteiger partial charge on any atom is -0.326 e. The van der Waals surface area contributed by atoms with Gasteiger partial charge in [-0.3, -0.25) is 4.79 Å². The Morgan fingerprint density at radius 3 is 2.43 bits per heavy atom. The molecule has 5 nitrogen and oxygen atoms in total. The van der Waals surface area contributed by atoms with Crippen LogP contribution in [-0.4, -0.2) is 14.3 Å². The van der Waals surface area contributed by atoms with E-state index in [-0.39, 0.29) is 16.2 Å². The van der Waals surface area contributed by atoms with Crippen LogP contribution in [0.1, 0.15) is 39.0 Å². The summed E-state index contributed by atoms with van der Waals surface area (Å²) >= 11 is 3.17. The lowest BCUT2D eigenvalue weighted by atomic mass is 9.75. The van der Waals surface area contributed by atoms with Gasteiger partial charge >= 0.3 is 0 Å². The first-order valence-electron chi connectivity index (χ1n) is 6.86. The molecule has 0 saturated heterocycles. The van der Waals surface area contributed by atoms with Crippen molar-refractivity contribution < 1.29 is 13.2 Å². The molecular weight excluding hydrogens is 356 g/mol. The highest BCUT2D eigenvalue weighted by Crippen LogP contribution is 2.37. The fraction of sp³-hybridized carbons (Fsp3) is 0.500. The van der Waals surface area contributed by atoms with Crippen LogP contribution < -0.4 is 10.5 Å². The highest BCUT2D eigenvalue weighted by atomic mass is 79.9. The van der Waals surface area contributed by atoms with Gasteiger partial charge in [0.25, 0.3) is 0 Å². The zero-order valence-electron chi connectivity index (χ0n) is 11.9. The van der Waals surface area contributed by atoms with Crippen molar-refractivity contribution in [3.8, 4) is 0 Å². The number of benzene rings is 1. The van der Waals surface area contributed by atoms with Crippen LogP contribution in [0.15, 0.2) is 27.6 Å². The Hall–Kier alpha value is -0.920. The Labute approximate surface area is 133 Å². The smallest absolute Gasteiger partial charge is 0.239 e. The molecule has 0 unspecified atom stereocenters. The lowest BCUT2D eigenvalue weighted by Crippen LogP contribution is -2.35. The van der Waals surface area contributed by atoms with E-state index in [0.717, 1.165) is 25.7 Å². The summed E-state index contributed by atoms with van der Waals surface area (Å²) in [6, 6.07) is 4.50. The van der Waals surface area contributed by atoms with Gasteiger partial charge in [-0.1, -0.05) is 26.2 Å². The van der Waals surface area contributed by atoms with E-state index >= 15 is 0 Å². The molecule has 0 heterocycles. The molecule has 0 atom stereocenters. The summed E-state index contributed by atoms with van der Waals surface area (Å²) in [5, 5.41) is 7.97. The maximum absolute atomic E-state index is 12.4. The zero-order chi connectivity index (χ0) is 15.7. The molecule has 1 aromatic rings. The highest BCUT2D eigenvalue weighted by Gasteiger charge is 2.34. The summed E-state index contributed by atoms with van der Waals surface area (Å²) in [4.78, 5) is 12.4. The quantitative estimate of drug-likeness (QED) is 0.851. The van der Waals surface area contributed by atoms with Crippen LogP contribution in [0.3, 0.4) is 0 Å². The van der Waals surface area contributed by atoms with Crippen LogP contribution in [0, 0.1) is 5.41 Å². The number of primary sulfonamides is 1. The molecule has 116 valence electrons. The van der Waals surface area contributed by atoms with Gasteiger partial charge in [0.15, 0.2) is 0 Å². The molecule has 1 fully saturated rings. The van der Waals surface area contributed by atoms with Crippen LogP contribution in [0.25, 0.3) is 0 Å². The molecule has 3 N–H and O–H groups in total.